The van der Waals surface area contributed by atoms with Gasteiger partial charge in [0, 0.05) is 12.6 Å². The smallest absolute Gasteiger partial charge is 0.00955 e. The molecular weight excluding hydrogens is 244 g/mol. The Morgan fingerprint density at radius 3 is 2.35 bits per heavy atom. The number of hydrogen-bond acceptors (Lipinski definition) is 2. The number of nitrogens with one attached hydrogen (secondary N) is 1. The summed E-state index contributed by atoms with van der Waals surface area (Å²) in [4.78, 5) is 2.85. The minimum absolute atomic E-state index is 0.894. The van der Waals surface area contributed by atoms with Gasteiger partial charge in [0.15, 0.2) is 0 Å². The Kier molecular flexibility index (Phi) is 7.37. The van der Waals surface area contributed by atoms with Crippen LogP contribution in [-0.2, 0) is 0 Å². The third kappa shape index (κ3) is 5.04. The van der Waals surface area contributed by atoms with Gasteiger partial charge in [-0.2, -0.15) is 0 Å². The van der Waals surface area contributed by atoms with Crippen molar-refractivity contribution in [2.75, 3.05) is 26.2 Å². The second-order valence-electron chi connectivity index (χ2n) is 7.17. The molecule has 1 saturated heterocycles. The monoisotopic (exact) mass is 280 g/mol. The van der Waals surface area contributed by atoms with Crippen LogP contribution in [0.2, 0.25) is 0 Å². The highest BCUT2D eigenvalue weighted by molar-refractivity contribution is 4.82. The van der Waals surface area contributed by atoms with E-state index in [9.17, 15) is 0 Å². The van der Waals surface area contributed by atoms with Crippen molar-refractivity contribution >= 4 is 0 Å². The van der Waals surface area contributed by atoms with Crippen LogP contribution in [0.15, 0.2) is 0 Å². The Bertz CT molecular complexity index is 240. The van der Waals surface area contributed by atoms with Gasteiger partial charge in [0.25, 0.3) is 0 Å². The Balaban J connectivity index is 1.78. The molecule has 1 atom stereocenters. The summed E-state index contributed by atoms with van der Waals surface area (Å²) in [5, 5.41) is 3.58. The van der Waals surface area contributed by atoms with Gasteiger partial charge < -0.3 is 10.2 Å². The van der Waals surface area contributed by atoms with Crippen molar-refractivity contribution in [3.05, 3.63) is 0 Å². The highest BCUT2D eigenvalue weighted by Crippen LogP contribution is 2.31. The van der Waals surface area contributed by atoms with Gasteiger partial charge in [-0.05, 0) is 76.4 Å². The van der Waals surface area contributed by atoms with E-state index in [4.69, 9.17) is 0 Å². The highest BCUT2D eigenvalue weighted by atomic mass is 15.2. The maximum atomic E-state index is 3.58. The highest BCUT2D eigenvalue weighted by Gasteiger charge is 2.27. The predicted octanol–water partition coefficient (Wildman–Crippen LogP) is 4.06. The molecule has 1 aliphatic heterocycles. The summed E-state index contributed by atoms with van der Waals surface area (Å²) in [7, 11) is 0. The molecule has 0 aromatic rings. The fourth-order valence-corrected chi connectivity index (χ4v) is 4.33. The average molecular weight is 280 g/mol. The molecule has 1 aliphatic carbocycles. The topological polar surface area (TPSA) is 15.3 Å². The summed E-state index contributed by atoms with van der Waals surface area (Å²) in [6.07, 6.45) is 12.9. The predicted molar refractivity (Wildman–Crippen MR) is 88.1 cm³/mol. The largest absolute Gasteiger partial charge is 0.316 e. The molecule has 1 N–H and O–H groups in total. The van der Waals surface area contributed by atoms with Crippen LogP contribution in [0.5, 0.6) is 0 Å². The lowest BCUT2D eigenvalue weighted by atomic mass is 9.82. The fraction of sp³-hybridized carbons (Fsp3) is 1.00. The van der Waals surface area contributed by atoms with E-state index in [1.807, 2.05) is 0 Å². The molecule has 0 aromatic carbocycles. The van der Waals surface area contributed by atoms with Crippen molar-refractivity contribution in [3.8, 4) is 0 Å². The molecule has 2 fully saturated rings. The van der Waals surface area contributed by atoms with Crippen LogP contribution < -0.4 is 5.32 Å². The van der Waals surface area contributed by atoms with Gasteiger partial charge in [-0.25, -0.2) is 0 Å². The van der Waals surface area contributed by atoms with Crippen molar-refractivity contribution in [2.24, 2.45) is 11.8 Å². The summed E-state index contributed by atoms with van der Waals surface area (Å²) < 4.78 is 0. The van der Waals surface area contributed by atoms with Gasteiger partial charge in [-0.1, -0.05) is 26.7 Å². The van der Waals surface area contributed by atoms with Crippen LogP contribution in [0.1, 0.15) is 71.6 Å². The molecule has 0 radical (unpaired) electrons. The zero-order valence-electron chi connectivity index (χ0n) is 13.9. The molecule has 0 amide bonds. The second kappa shape index (κ2) is 9.04. The number of nitrogens with zero attached hydrogens (tertiary/aromatic N) is 1. The van der Waals surface area contributed by atoms with Crippen LogP contribution in [0.25, 0.3) is 0 Å². The summed E-state index contributed by atoms with van der Waals surface area (Å²) in [5.41, 5.74) is 0. The molecule has 118 valence electrons. The van der Waals surface area contributed by atoms with E-state index in [1.54, 1.807) is 0 Å². The lowest BCUT2D eigenvalue weighted by Gasteiger charge is -2.39. The van der Waals surface area contributed by atoms with Crippen LogP contribution in [0.3, 0.4) is 0 Å². The fourth-order valence-electron chi connectivity index (χ4n) is 4.33. The first kappa shape index (κ1) is 16.3. The van der Waals surface area contributed by atoms with Crippen LogP contribution in [0.4, 0.5) is 0 Å². The Hall–Kier alpha value is -0.0800. The van der Waals surface area contributed by atoms with Crippen molar-refractivity contribution in [3.63, 3.8) is 0 Å². The van der Waals surface area contributed by atoms with Crippen LogP contribution in [-0.4, -0.2) is 37.1 Å². The summed E-state index contributed by atoms with van der Waals surface area (Å²) in [6, 6.07) is 0.894. The van der Waals surface area contributed by atoms with E-state index in [-0.39, 0.29) is 0 Å². The van der Waals surface area contributed by atoms with E-state index < -0.39 is 0 Å². The molecule has 2 nitrogen and oxygen atoms in total. The van der Waals surface area contributed by atoms with E-state index in [1.165, 1.54) is 84.0 Å². The normalized spacial score (nSPS) is 31.6. The molecular formula is C18H36N2. The number of piperidine rings is 1. The van der Waals surface area contributed by atoms with Crippen molar-refractivity contribution in [1.82, 2.24) is 10.2 Å². The van der Waals surface area contributed by atoms with E-state index in [0.29, 0.717) is 0 Å². The third-order valence-electron chi connectivity index (χ3n) is 5.43. The number of rotatable bonds is 7. The number of hydrogen-bond donors (Lipinski definition) is 1. The van der Waals surface area contributed by atoms with Gasteiger partial charge in [0.2, 0.25) is 0 Å². The minimum Gasteiger partial charge on any atom is -0.316 e. The van der Waals surface area contributed by atoms with Crippen LogP contribution in [0, 0.1) is 11.8 Å². The van der Waals surface area contributed by atoms with E-state index >= 15 is 0 Å². The molecule has 1 unspecified atom stereocenters. The molecule has 2 heteroatoms. The maximum absolute atomic E-state index is 3.58. The Labute approximate surface area is 126 Å². The van der Waals surface area contributed by atoms with Gasteiger partial charge in [0.1, 0.15) is 0 Å². The van der Waals surface area contributed by atoms with Crippen molar-refractivity contribution < 1.29 is 0 Å². The Morgan fingerprint density at radius 1 is 0.950 bits per heavy atom. The van der Waals surface area contributed by atoms with E-state index in [2.05, 4.69) is 24.1 Å². The quantitative estimate of drug-likeness (QED) is 0.756. The standard InChI is InChI=1S/C18H36N2/c1-3-6-16-8-10-18(11-9-16)20(13-4-2)15-17-7-5-12-19-14-17/h16-19H,3-15H2,1-2H3. The second-order valence-corrected chi connectivity index (χ2v) is 7.17. The zero-order chi connectivity index (χ0) is 14.2. The SMILES string of the molecule is CCCC1CCC(N(CCC)CC2CCCNC2)CC1. The van der Waals surface area contributed by atoms with Gasteiger partial charge in [0.05, 0.1) is 0 Å². The maximum Gasteiger partial charge on any atom is 0.00955 e. The van der Waals surface area contributed by atoms with Gasteiger partial charge >= 0.3 is 0 Å². The lowest BCUT2D eigenvalue weighted by Crippen LogP contribution is -2.44. The molecule has 2 aliphatic rings. The van der Waals surface area contributed by atoms with Crippen molar-refractivity contribution in [1.29, 1.82) is 0 Å². The molecule has 0 bridgehead atoms. The lowest BCUT2D eigenvalue weighted by molar-refractivity contribution is 0.108. The molecule has 1 heterocycles. The first-order chi connectivity index (χ1) is 9.83. The summed E-state index contributed by atoms with van der Waals surface area (Å²) >= 11 is 0. The summed E-state index contributed by atoms with van der Waals surface area (Å²) in [5.74, 6) is 1.94. The van der Waals surface area contributed by atoms with Gasteiger partial charge in [-0.15, -0.1) is 0 Å². The zero-order valence-corrected chi connectivity index (χ0v) is 13.9. The Morgan fingerprint density at radius 2 is 1.75 bits per heavy atom. The minimum atomic E-state index is 0.894. The van der Waals surface area contributed by atoms with E-state index in [0.717, 1.165) is 17.9 Å². The first-order valence-electron chi connectivity index (χ1n) is 9.28. The van der Waals surface area contributed by atoms with Crippen molar-refractivity contribution in [2.45, 2.75) is 77.7 Å². The first-order valence-corrected chi connectivity index (χ1v) is 9.28. The summed E-state index contributed by atoms with van der Waals surface area (Å²) in [6.45, 7) is 9.85. The van der Waals surface area contributed by atoms with Crippen LogP contribution >= 0.6 is 0 Å². The molecule has 2 rings (SSSR count). The average Bonchev–Trinajstić information content (AvgIpc) is 2.49. The molecule has 0 aromatic heterocycles. The molecule has 0 spiro atoms. The molecule has 1 saturated carbocycles. The third-order valence-corrected chi connectivity index (χ3v) is 5.43. The molecule has 20 heavy (non-hydrogen) atoms. The van der Waals surface area contributed by atoms with Gasteiger partial charge in [-0.3, -0.25) is 0 Å².